The van der Waals surface area contributed by atoms with Gasteiger partial charge in [-0.05, 0) is 42.5 Å². The first kappa shape index (κ1) is 19.0. The van der Waals surface area contributed by atoms with Crippen molar-refractivity contribution >= 4 is 11.6 Å². The summed E-state index contributed by atoms with van der Waals surface area (Å²) >= 11 is 0. The molecule has 0 bridgehead atoms. The third kappa shape index (κ3) is 4.22. The van der Waals surface area contributed by atoms with E-state index >= 15 is 0 Å². The maximum atomic E-state index is 12.7. The average molecular weight is 378 g/mol. The number of carbonyl (C=O) groups excluding carboxylic acids is 1. The number of rotatable bonds is 5. The number of carbonyl (C=O) groups is 1. The van der Waals surface area contributed by atoms with Crippen LogP contribution >= 0.6 is 0 Å². The Bertz CT molecular complexity index is 783. The van der Waals surface area contributed by atoms with Crippen LogP contribution in [-0.4, -0.2) is 49.6 Å². The third-order valence-electron chi connectivity index (χ3n) is 6.31. The zero-order valence-corrected chi connectivity index (χ0v) is 16.8. The van der Waals surface area contributed by atoms with Gasteiger partial charge in [0, 0.05) is 43.8 Å². The first-order chi connectivity index (χ1) is 13.7. The zero-order valence-electron chi connectivity index (χ0n) is 16.8. The average Bonchev–Trinajstić information content (AvgIpc) is 2.74. The molecule has 0 aromatic heterocycles. The number of hydrogen-bond acceptors (Lipinski definition) is 3. The number of benzene rings is 2. The molecule has 4 rings (SSSR count). The van der Waals surface area contributed by atoms with E-state index < -0.39 is 0 Å². The fourth-order valence-electron chi connectivity index (χ4n) is 4.79. The van der Waals surface area contributed by atoms with Gasteiger partial charge in [-0.2, -0.15) is 0 Å². The molecule has 1 aliphatic heterocycles. The number of aryl methyl sites for hydroxylation is 1. The standard InChI is InChI=1S/C24H31N3O/c1-2-21-22-11-7-6-8-19(22)12-13-23(21)25-24(28)18-26-14-16-27(17-15-26)20-9-4-3-5-10-20/h3-11,21,23H,2,12-18H2,1H3,(H,25,28). The highest BCUT2D eigenvalue weighted by atomic mass is 16.2. The number of nitrogens with zero attached hydrogens (tertiary/aromatic N) is 2. The molecule has 1 fully saturated rings. The monoisotopic (exact) mass is 377 g/mol. The lowest BCUT2D eigenvalue weighted by atomic mass is 9.78. The minimum absolute atomic E-state index is 0.177. The summed E-state index contributed by atoms with van der Waals surface area (Å²) in [6.07, 6.45) is 3.17. The summed E-state index contributed by atoms with van der Waals surface area (Å²) < 4.78 is 0. The molecule has 2 aromatic rings. The lowest BCUT2D eigenvalue weighted by molar-refractivity contribution is -0.123. The Labute approximate surface area is 168 Å². The molecule has 0 radical (unpaired) electrons. The number of piperazine rings is 1. The van der Waals surface area contributed by atoms with Crippen molar-refractivity contribution in [3.8, 4) is 0 Å². The molecule has 1 heterocycles. The number of nitrogens with one attached hydrogen (secondary N) is 1. The summed E-state index contributed by atoms with van der Waals surface area (Å²) in [6, 6.07) is 19.5. The summed E-state index contributed by atoms with van der Waals surface area (Å²) in [5.41, 5.74) is 4.16. The first-order valence-electron chi connectivity index (χ1n) is 10.6. The van der Waals surface area contributed by atoms with Gasteiger partial charge in [0.2, 0.25) is 5.91 Å². The number of fused-ring (bicyclic) bond motifs is 1. The van der Waals surface area contributed by atoms with Crippen LogP contribution in [0, 0.1) is 0 Å². The van der Waals surface area contributed by atoms with Gasteiger partial charge < -0.3 is 10.2 Å². The molecule has 148 valence electrons. The molecule has 28 heavy (non-hydrogen) atoms. The molecule has 1 N–H and O–H groups in total. The van der Waals surface area contributed by atoms with Gasteiger partial charge >= 0.3 is 0 Å². The Balaban J connectivity index is 1.29. The molecule has 2 unspecified atom stereocenters. The summed E-state index contributed by atoms with van der Waals surface area (Å²) in [4.78, 5) is 17.4. The van der Waals surface area contributed by atoms with Gasteiger partial charge in [0.25, 0.3) is 0 Å². The van der Waals surface area contributed by atoms with Crippen LogP contribution in [0.2, 0.25) is 0 Å². The highest BCUT2D eigenvalue weighted by Crippen LogP contribution is 2.34. The van der Waals surface area contributed by atoms with Gasteiger partial charge in [0.15, 0.2) is 0 Å². The van der Waals surface area contributed by atoms with Crippen molar-refractivity contribution in [2.45, 2.75) is 38.1 Å². The minimum atomic E-state index is 0.177. The van der Waals surface area contributed by atoms with E-state index in [1.165, 1.54) is 16.8 Å². The van der Waals surface area contributed by atoms with Gasteiger partial charge in [0.1, 0.15) is 0 Å². The van der Waals surface area contributed by atoms with Crippen LogP contribution in [0.5, 0.6) is 0 Å². The van der Waals surface area contributed by atoms with Crippen LogP contribution in [0.4, 0.5) is 5.69 Å². The van der Waals surface area contributed by atoms with Crippen LogP contribution in [0.15, 0.2) is 54.6 Å². The van der Waals surface area contributed by atoms with Gasteiger partial charge in [-0.25, -0.2) is 0 Å². The molecule has 1 aliphatic carbocycles. The summed E-state index contributed by atoms with van der Waals surface area (Å²) in [6.45, 7) is 6.57. The largest absolute Gasteiger partial charge is 0.369 e. The normalized spacial score (nSPS) is 22.5. The molecule has 0 spiro atoms. The Morgan fingerprint density at radius 3 is 2.46 bits per heavy atom. The van der Waals surface area contributed by atoms with Gasteiger partial charge in [-0.1, -0.05) is 49.4 Å². The molecule has 2 aliphatic rings. The van der Waals surface area contributed by atoms with E-state index in [9.17, 15) is 4.79 Å². The Morgan fingerprint density at radius 2 is 1.71 bits per heavy atom. The lowest BCUT2D eigenvalue weighted by Crippen LogP contribution is -2.51. The minimum Gasteiger partial charge on any atom is -0.369 e. The number of anilines is 1. The second-order valence-corrected chi connectivity index (χ2v) is 8.02. The van der Waals surface area contributed by atoms with Crippen molar-refractivity contribution < 1.29 is 4.79 Å². The van der Waals surface area contributed by atoms with Crippen molar-refractivity contribution in [2.24, 2.45) is 0 Å². The van der Waals surface area contributed by atoms with E-state index in [-0.39, 0.29) is 11.9 Å². The summed E-state index contributed by atoms with van der Waals surface area (Å²) in [5.74, 6) is 0.611. The smallest absolute Gasteiger partial charge is 0.234 e. The molecular formula is C24H31N3O. The summed E-state index contributed by atoms with van der Waals surface area (Å²) in [5, 5.41) is 3.36. The Kier molecular flexibility index (Phi) is 5.96. The van der Waals surface area contributed by atoms with E-state index in [4.69, 9.17) is 0 Å². The predicted molar refractivity (Wildman–Crippen MR) is 115 cm³/mol. The second-order valence-electron chi connectivity index (χ2n) is 8.02. The van der Waals surface area contributed by atoms with Crippen LogP contribution in [0.1, 0.15) is 36.8 Å². The highest BCUT2D eigenvalue weighted by molar-refractivity contribution is 5.78. The third-order valence-corrected chi connectivity index (χ3v) is 6.31. The molecule has 0 saturated carbocycles. The summed E-state index contributed by atoms with van der Waals surface area (Å²) in [7, 11) is 0. The predicted octanol–water partition coefficient (Wildman–Crippen LogP) is 3.43. The fourth-order valence-corrected chi connectivity index (χ4v) is 4.79. The van der Waals surface area contributed by atoms with Crippen LogP contribution in [0.25, 0.3) is 0 Å². The quantitative estimate of drug-likeness (QED) is 0.867. The number of para-hydroxylation sites is 1. The van der Waals surface area contributed by atoms with Gasteiger partial charge in [-0.3, -0.25) is 9.69 Å². The molecule has 2 aromatic carbocycles. The van der Waals surface area contributed by atoms with Crippen LogP contribution in [0.3, 0.4) is 0 Å². The topological polar surface area (TPSA) is 35.6 Å². The molecule has 1 amide bonds. The van der Waals surface area contributed by atoms with Crippen molar-refractivity contribution in [3.63, 3.8) is 0 Å². The van der Waals surface area contributed by atoms with E-state index in [1.54, 1.807) is 0 Å². The maximum Gasteiger partial charge on any atom is 0.234 e. The van der Waals surface area contributed by atoms with Crippen LogP contribution < -0.4 is 10.2 Å². The van der Waals surface area contributed by atoms with Crippen LogP contribution in [-0.2, 0) is 11.2 Å². The van der Waals surface area contributed by atoms with Crippen molar-refractivity contribution in [3.05, 3.63) is 65.7 Å². The van der Waals surface area contributed by atoms with Crippen molar-refractivity contribution in [1.29, 1.82) is 0 Å². The number of hydrogen-bond donors (Lipinski definition) is 1. The van der Waals surface area contributed by atoms with Crippen molar-refractivity contribution in [1.82, 2.24) is 10.2 Å². The van der Waals surface area contributed by atoms with E-state index in [0.29, 0.717) is 12.5 Å². The molecular weight excluding hydrogens is 346 g/mol. The van der Waals surface area contributed by atoms with E-state index in [2.05, 4.69) is 76.6 Å². The van der Waals surface area contributed by atoms with Gasteiger partial charge in [-0.15, -0.1) is 0 Å². The zero-order chi connectivity index (χ0) is 19.3. The highest BCUT2D eigenvalue weighted by Gasteiger charge is 2.29. The second kappa shape index (κ2) is 8.78. The number of amides is 1. The maximum absolute atomic E-state index is 12.7. The molecule has 4 heteroatoms. The molecule has 4 nitrogen and oxygen atoms in total. The fraction of sp³-hybridized carbons (Fsp3) is 0.458. The SMILES string of the molecule is CCC1c2ccccc2CCC1NC(=O)CN1CCN(c2ccccc2)CC1. The van der Waals surface area contributed by atoms with Crippen molar-refractivity contribution in [2.75, 3.05) is 37.6 Å². The van der Waals surface area contributed by atoms with Gasteiger partial charge in [0.05, 0.1) is 6.54 Å². The van der Waals surface area contributed by atoms with E-state index in [1.807, 2.05) is 0 Å². The first-order valence-corrected chi connectivity index (χ1v) is 10.6. The molecule has 2 atom stereocenters. The Hall–Kier alpha value is -2.33. The Morgan fingerprint density at radius 1 is 1.00 bits per heavy atom. The lowest BCUT2D eigenvalue weighted by Gasteiger charge is -2.37. The molecule has 1 saturated heterocycles. The van der Waals surface area contributed by atoms with E-state index in [0.717, 1.165) is 45.4 Å².